The van der Waals surface area contributed by atoms with Crippen LogP contribution in [0, 0.1) is 0 Å². The summed E-state index contributed by atoms with van der Waals surface area (Å²) >= 11 is 0. The molecule has 0 spiro atoms. The second-order valence-corrected chi connectivity index (χ2v) is 9.23. The van der Waals surface area contributed by atoms with Gasteiger partial charge in [-0.05, 0) is 47.9 Å². The minimum atomic E-state index is 0.901. The Labute approximate surface area is 216 Å². The van der Waals surface area contributed by atoms with Crippen LogP contribution in [0.1, 0.15) is 23.6 Å². The van der Waals surface area contributed by atoms with Gasteiger partial charge in [-0.15, -0.1) is 0 Å². The lowest BCUT2D eigenvalue weighted by molar-refractivity contribution is -0.512. The molecule has 3 aromatic carbocycles. The van der Waals surface area contributed by atoms with Gasteiger partial charge in [-0.3, -0.25) is 0 Å². The fourth-order valence-electron chi connectivity index (χ4n) is 4.34. The molecule has 0 fully saturated rings. The number of benzene rings is 3. The molecule has 36 heavy (non-hydrogen) atoms. The molecule has 0 unspecified atom stereocenters. The summed E-state index contributed by atoms with van der Waals surface area (Å²) in [6.45, 7) is 3.98. The number of allylic oxidation sites excluding steroid dienone is 9. The molecule has 0 saturated heterocycles. The first-order valence-electron chi connectivity index (χ1n) is 12.5. The van der Waals surface area contributed by atoms with Gasteiger partial charge < -0.3 is 4.90 Å². The van der Waals surface area contributed by atoms with Gasteiger partial charge in [0.2, 0.25) is 5.71 Å². The summed E-state index contributed by atoms with van der Waals surface area (Å²) in [5, 5.41) is 0. The van der Waals surface area contributed by atoms with Crippen LogP contribution in [0.5, 0.6) is 0 Å². The first-order valence-corrected chi connectivity index (χ1v) is 12.5. The Bertz CT molecular complexity index is 1320. The summed E-state index contributed by atoms with van der Waals surface area (Å²) in [7, 11) is 4.28. The van der Waals surface area contributed by atoms with Gasteiger partial charge in [-0.25, -0.2) is 4.58 Å². The molecule has 4 rings (SSSR count). The van der Waals surface area contributed by atoms with Crippen molar-refractivity contribution in [1.29, 1.82) is 0 Å². The van der Waals surface area contributed by atoms with Gasteiger partial charge in [0.1, 0.15) is 7.05 Å². The van der Waals surface area contributed by atoms with Crippen LogP contribution < -0.4 is 4.90 Å². The van der Waals surface area contributed by atoms with E-state index in [0.717, 1.165) is 13.1 Å². The largest absolute Gasteiger partial charge is 0.370 e. The van der Waals surface area contributed by atoms with Crippen LogP contribution in [-0.2, 0) is 13.1 Å². The van der Waals surface area contributed by atoms with E-state index >= 15 is 0 Å². The number of hydrogen-bond acceptors (Lipinski definition) is 1. The lowest BCUT2D eigenvalue weighted by atomic mass is 10.0. The van der Waals surface area contributed by atoms with Crippen molar-refractivity contribution in [2.75, 3.05) is 19.0 Å². The Balaban J connectivity index is 1.31. The van der Waals surface area contributed by atoms with E-state index in [1.54, 1.807) is 0 Å². The number of rotatable bonds is 8. The molecule has 0 amide bonds. The van der Waals surface area contributed by atoms with Crippen molar-refractivity contribution in [1.82, 2.24) is 0 Å². The Morgan fingerprint density at radius 3 is 2.08 bits per heavy atom. The third-order valence-electron chi connectivity index (χ3n) is 6.29. The Morgan fingerprint density at radius 1 is 0.750 bits per heavy atom. The Morgan fingerprint density at radius 2 is 1.42 bits per heavy atom. The molecule has 180 valence electrons. The molecule has 0 heterocycles. The quantitative estimate of drug-likeness (QED) is 0.242. The maximum Gasteiger partial charge on any atom is 0.202 e. The lowest BCUT2D eigenvalue weighted by Gasteiger charge is -2.19. The van der Waals surface area contributed by atoms with Crippen molar-refractivity contribution >= 4 is 17.5 Å². The van der Waals surface area contributed by atoms with Crippen LogP contribution in [0.3, 0.4) is 0 Å². The van der Waals surface area contributed by atoms with Gasteiger partial charge in [0.05, 0.1) is 0 Å². The molecule has 0 aliphatic heterocycles. The van der Waals surface area contributed by atoms with E-state index in [2.05, 4.69) is 164 Å². The third kappa shape index (κ3) is 7.16. The minimum Gasteiger partial charge on any atom is -0.370 e. The SMILES string of the molecule is CC1=CC(=CC=CC=Cc2ccc(N(C)Cc3ccccc3)cc2)C=CC1=[N+](C)Cc1ccccc1. The van der Waals surface area contributed by atoms with Crippen molar-refractivity contribution in [2.45, 2.75) is 20.0 Å². The van der Waals surface area contributed by atoms with Crippen molar-refractivity contribution in [3.8, 4) is 0 Å². The number of nitrogens with zero attached hydrogens (tertiary/aromatic N) is 2. The summed E-state index contributed by atoms with van der Waals surface area (Å²) < 4.78 is 2.30. The molecule has 3 aromatic rings. The van der Waals surface area contributed by atoms with E-state index in [9.17, 15) is 0 Å². The van der Waals surface area contributed by atoms with E-state index in [1.165, 1.54) is 39.2 Å². The molecule has 0 atom stereocenters. The molecule has 0 aromatic heterocycles. The van der Waals surface area contributed by atoms with Crippen LogP contribution in [0.25, 0.3) is 6.08 Å². The Hall–Kier alpha value is -4.17. The molecule has 1 aliphatic carbocycles. The van der Waals surface area contributed by atoms with E-state index in [1.807, 2.05) is 0 Å². The van der Waals surface area contributed by atoms with Crippen LogP contribution in [-0.4, -0.2) is 24.4 Å². The Kier molecular flexibility index (Phi) is 8.67. The zero-order valence-corrected chi connectivity index (χ0v) is 21.5. The molecule has 0 N–H and O–H groups in total. The normalized spacial score (nSPS) is 16.1. The van der Waals surface area contributed by atoms with Crippen LogP contribution in [0.4, 0.5) is 5.69 Å². The van der Waals surface area contributed by atoms with E-state index in [-0.39, 0.29) is 0 Å². The highest BCUT2D eigenvalue weighted by atomic mass is 15.1. The third-order valence-corrected chi connectivity index (χ3v) is 6.29. The first-order chi connectivity index (χ1) is 17.6. The topological polar surface area (TPSA) is 6.25 Å². The summed E-state index contributed by atoms with van der Waals surface area (Å²) in [6.07, 6.45) is 17.2. The molecule has 2 heteroatoms. The van der Waals surface area contributed by atoms with Gasteiger partial charge >= 0.3 is 0 Å². The van der Waals surface area contributed by atoms with Gasteiger partial charge in [-0.2, -0.15) is 0 Å². The average Bonchev–Trinajstić information content (AvgIpc) is 2.90. The minimum absolute atomic E-state index is 0.901. The smallest absolute Gasteiger partial charge is 0.202 e. The van der Waals surface area contributed by atoms with Crippen molar-refractivity contribution in [3.05, 3.63) is 155 Å². The van der Waals surface area contributed by atoms with E-state index in [0.29, 0.717) is 0 Å². The fourth-order valence-corrected chi connectivity index (χ4v) is 4.34. The van der Waals surface area contributed by atoms with Crippen LogP contribution in [0.2, 0.25) is 0 Å². The summed E-state index contributed by atoms with van der Waals surface area (Å²) in [5.41, 5.74) is 8.79. The predicted molar refractivity (Wildman–Crippen MR) is 155 cm³/mol. The second-order valence-electron chi connectivity index (χ2n) is 9.23. The van der Waals surface area contributed by atoms with Gasteiger partial charge in [-0.1, -0.05) is 103 Å². The predicted octanol–water partition coefficient (Wildman–Crippen LogP) is 7.62. The zero-order chi connectivity index (χ0) is 25.2. The maximum absolute atomic E-state index is 2.30. The fraction of sp³-hybridized carbons (Fsp3) is 0.147. The van der Waals surface area contributed by atoms with E-state index in [4.69, 9.17) is 0 Å². The highest BCUT2D eigenvalue weighted by Crippen LogP contribution is 2.18. The molecule has 2 nitrogen and oxygen atoms in total. The first kappa shape index (κ1) is 24.9. The van der Waals surface area contributed by atoms with Gasteiger partial charge in [0, 0.05) is 36.5 Å². The van der Waals surface area contributed by atoms with Crippen molar-refractivity contribution < 1.29 is 4.58 Å². The molecule has 0 saturated carbocycles. The van der Waals surface area contributed by atoms with Crippen molar-refractivity contribution in [3.63, 3.8) is 0 Å². The molecular formula is C34H35N2+. The van der Waals surface area contributed by atoms with E-state index < -0.39 is 0 Å². The highest BCUT2D eigenvalue weighted by Gasteiger charge is 2.14. The maximum atomic E-state index is 2.30. The molecule has 0 bridgehead atoms. The highest BCUT2D eigenvalue weighted by molar-refractivity contribution is 6.06. The molecule has 1 aliphatic rings. The van der Waals surface area contributed by atoms with Gasteiger partial charge in [0.15, 0.2) is 6.54 Å². The standard InChI is InChI=1S/C34H35N2/c1-28-25-30(21-24-34(28)36(3)27-32-17-11-6-12-18-32)14-8-4-7-13-29-19-22-33(23-20-29)35(2)26-31-15-9-5-10-16-31/h4-25H,26-27H2,1-3H3/q+1. The monoisotopic (exact) mass is 471 g/mol. The second kappa shape index (κ2) is 12.5. The van der Waals surface area contributed by atoms with Crippen LogP contribution >= 0.6 is 0 Å². The number of hydrogen-bond donors (Lipinski definition) is 0. The van der Waals surface area contributed by atoms with Crippen LogP contribution in [0.15, 0.2) is 139 Å². The van der Waals surface area contributed by atoms with Gasteiger partial charge in [0.25, 0.3) is 0 Å². The summed E-state index contributed by atoms with van der Waals surface area (Å²) in [4.78, 5) is 2.27. The number of anilines is 1. The lowest BCUT2D eigenvalue weighted by Crippen LogP contribution is -2.18. The molecule has 0 radical (unpaired) electrons. The average molecular weight is 472 g/mol. The zero-order valence-electron chi connectivity index (χ0n) is 21.5. The van der Waals surface area contributed by atoms with Crippen molar-refractivity contribution in [2.24, 2.45) is 0 Å². The summed E-state index contributed by atoms with van der Waals surface area (Å²) in [6, 6.07) is 29.8. The summed E-state index contributed by atoms with van der Waals surface area (Å²) in [5.74, 6) is 0. The molecular weight excluding hydrogens is 436 g/mol.